The smallest absolute Gasteiger partial charge is 0.188 e. The normalized spacial score (nSPS) is 10.1. The molecule has 2 heteroatoms. The van der Waals surface area contributed by atoms with Crippen molar-refractivity contribution in [2.45, 2.75) is 24.7 Å². The van der Waals surface area contributed by atoms with E-state index < -0.39 is 0 Å². The Morgan fingerprint density at radius 2 is 2.08 bits per heavy atom. The second-order valence-electron chi connectivity index (χ2n) is 3.19. The quantitative estimate of drug-likeness (QED) is 0.503. The van der Waals surface area contributed by atoms with Crippen LogP contribution in [0, 0.1) is 6.57 Å². The zero-order valence-corrected chi connectivity index (χ0v) is 8.98. The van der Waals surface area contributed by atoms with Gasteiger partial charge in [0.25, 0.3) is 0 Å². The minimum Gasteiger partial charge on any atom is -0.238 e. The Labute approximate surface area is 84.0 Å². The zero-order chi connectivity index (χ0) is 9.84. The highest BCUT2D eigenvalue weighted by Gasteiger charge is 2.05. The molecule has 0 fully saturated rings. The molecule has 1 aromatic rings. The van der Waals surface area contributed by atoms with Gasteiger partial charge < -0.3 is 0 Å². The summed E-state index contributed by atoms with van der Waals surface area (Å²) in [5.74, 6) is 0.530. The summed E-state index contributed by atoms with van der Waals surface area (Å²) in [6.45, 7) is 11.3. The molecular formula is C11H13NS. The van der Waals surface area contributed by atoms with Crippen LogP contribution in [0.25, 0.3) is 4.85 Å². The van der Waals surface area contributed by atoms with Crippen LogP contribution in [0.15, 0.2) is 23.1 Å². The highest BCUT2D eigenvalue weighted by atomic mass is 32.2. The van der Waals surface area contributed by atoms with Gasteiger partial charge in [-0.25, -0.2) is 4.85 Å². The summed E-state index contributed by atoms with van der Waals surface area (Å²) in [6.07, 6.45) is 2.05. The molecule has 0 heterocycles. The predicted octanol–water partition coefficient (Wildman–Crippen LogP) is 4.08. The molecule has 1 aromatic carbocycles. The highest BCUT2D eigenvalue weighted by Crippen LogP contribution is 2.30. The van der Waals surface area contributed by atoms with Crippen molar-refractivity contribution in [3.63, 3.8) is 0 Å². The Morgan fingerprint density at radius 1 is 1.38 bits per heavy atom. The fourth-order valence-electron chi connectivity index (χ4n) is 1.25. The minimum absolute atomic E-state index is 0.530. The van der Waals surface area contributed by atoms with Gasteiger partial charge >= 0.3 is 0 Å². The summed E-state index contributed by atoms with van der Waals surface area (Å²) in [5, 5.41) is 0. The fraction of sp³-hybridized carbons (Fsp3) is 0.364. The van der Waals surface area contributed by atoms with Crippen LogP contribution < -0.4 is 0 Å². The monoisotopic (exact) mass is 191 g/mol. The van der Waals surface area contributed by atoms with Gasteiger partial charge in [-0.1, -0.05) is 26.0 Å². The number of rotatable bonds is 2. The Hall–Kier alpha value is -0.940. The molecule has 13 heavy (non-hydrogen) atoms. The second-order valence-corrected chi connectivity index (χ2v) is 4.04. The number of thioether (sulfide) groups is 1. The highest BCUT2D eigenvalue weighted by molar-refractivity contribution is 7.98. The molecule has 1 nitrogen and oxygen atoms in total. The number of hydrogen-bond donors (Lipinski definition) is 0. The minimum atomic E-state index is 0.530. The third-order valence-electron chi connectivity index (χ3n) is 1.97. The van der Waals surface area contributed by atoms with Gasteiger partial charge in [0.05, 0.1) is 6.57 Å². The van der Waals surface area contributed by atoms with E-state index >= 15 is 0 Å². The summed E-state index contributed by atoms with van der Waals surface area (Å²) in [6, 6.07) is 5.92. The van der Waals surface area contributed by atoms with Gasteiger partial charge in [-0.3, -0.25) is 0 Å². The van der Waals surface area contributed by atoms with Crippen LogP contribution >= 0.6 is 11.8 Å². The van der Waals surface area contributed by atoms with E-state index in [2.05, 4.69) is 31.0 Å². The molecule has 0 amide bonds. The lowest BCUT2D eigenvalue weighted by molar-refractivity contribution is 0.843. The standard InChI is InChI=1S/C11H13NS/c1-8(2)10-6-5-9(12-3)7-11(10)13-4/h5-8H,1-2,4H3. The van der Waals surface area contributed by atoms with Crippen LogP contribution in [0.1, 0.15) is 25.3 Å². The Morgan fingerprint density at radius 3 is 2.54 bits per heavy atom. The van der Waals surface area contributed by atoms with Crippen LogP contribution in [0.2, 0.25) is 0 Å². The fourth-order valence-corrected chi connectivity index (χ4v) is 2.02. The Bertz CT molecular complexity index is 336. The Kier molecular flexibility index (Phi) is 3.39. The van der Waals surface area contributed by atoms with E-state index in [-0.39, 0.29) is 0 Å². The molecule has 0 bridgehead atoms. The molecule has 0 spiro atoms. The van der Waals surface area contributed by atoms with Crippen molar-refractivity contribution in [1.29, 1.82) is 0 Å². The lowest BCUT2D eigenvalue weighted by atomic mass is 10.0. The van der Waals surface area contributed by atoms with E-state index in [1.807, 2.05) is 12.1 Å². The SMILES string of the molecule is [C-]#[N+]c1ccc(C(C)C)c(SC)c1. The van der Waals surface area contributed by atoms with Gasteiger partial charge in [-0.15, -0.1) is 11.8 Å². The maximum absolute atomic E-state index is 6.91. The average Bonchev–Trinajstić information content (AvgIpc) is 2.16. The molecular weight excluding hydrogens is 178 g/mol. The molecule has 0 N–H and O–H groups in total. The lowest BCUT2D eigenvalue weighted by Crippen LogP contribution is -1.89. The number of nitrogens with zero attached hydrogens (tertiary/aromatic N) is 1. The molecule has 68 valence electrons. The van der Waals surface area contributed by atoms with Crippen molar-refractivity contribution >= 4 is 17.4 Å². The van der Waals surface area contributed by atoms with E-state index in [9.17, 15) is 0 Å². The third-order valence-corrected chi connectivity index (χ3v) is 2.76. The Balaban J connectivity index is 3.17. The maximum Gasteiger partial charge on any atom is 0.188 e. The molecule has 0 saturated carbocycles. The molecule has 0 aliphatic carbocycles. The van der Waals surface area contributed by atoms with Crippen LogP contribution in [-0.2, 0) is 0 Å². The van der Waals surface area contributed by atoms with Gasteiger partial charge in [0.1, 0.15) is 0 Å². The van der Waals surface area contributed by atoms with Crippen molar-refractivity contribution in [1.82, 2.24) is 0 Å². The van der Waals surface area contributed by atoms with Gasteiger partial charge in [-0.2, -0.15) is 0 Å². The van der Waals surface area contributed by atoms with Gasteiger partial charge in [0.15, 0.2) is 5.69 Å². The number of benzene rings is 1. The summed E-state index contributed by atoms with van der Waals surface area (Å²) in [4.78, 5) is 4.64. The summed E-state index contributed by atoms with van der Waals surface area (Å²) in [7, 11) is 0. The third kappa shape index (κ3) is 2.26. The maximum atomic E-state index is 6.91. The van der Waals surface area contributed by atoms with Crippen LogP contribution in [0.5, 0.6) is 0 Å². The second kappa shape index (κ2) is 4.34. The van der Waals surface area contributed by atoms with Crippen molar-refractivity contribution in [2.24, 2.45) is 0 Å². The van der Waals surface area contributed by atoms with Gasteiger partial charge in [0, 0.05) is 0 Å². The predicted molar refractivity (Wildman–Crippen MR) is 58.6 cm³/mol. The molecule has 0 unspecified atom stereocenters. The van der Waals surface area contributed by atoms with Crippen LogP contribution in [-0.4, -0.2) is 6.26 Å². The van der Waals surface area contributed by atoms with Crippen molar-refractivity contribution in [3.8, 4) is 0 Å². The molecule has 0 atom stereocenters. The summed E-state index contributed by atoms with van der Waals surface area (Å²) in [5.41, 5.74) is 2.06. The van der Waals surface area contributed by atoms with E-state index in [4.69, 9.17) is 6.57 Å². The topological polar surface area (TPSA) is 4.36 Å². The van der Waals surface area contributed by atoms with E-state index in [1.165, 1.54) is 10.5 Å². The first-order chi connectivity index (χ1) is 6.19. The van der Waals surface area contributed by atoms with E-state index in [0.29, 0.717) is 5.92 Å². The first-order valence-corrected chi connectivity index (χ1v) is 5.47. The molecule has 0 aliphatic heterocycles. The van der Waals surface area contributed by atoms with Crippen LogP contribution in [0.3, 0.4) is 0 Å². The van der Waals surface area contributed by atoms with Crippen molar-refractivity contribution in [2.75, 3.05) is 6.26 Å². The van der Waals surface area contributed by atoms with E-state index in [1.54, 1.807) is 11.8 Å². The van der Waals surface area contributed by atoms with E-state index in [0.717, 1.165) is 5.69 Å². The lowest BCUT2D eigenvalue weighted by Gasteiger charge is -2.10. The van der Waals surface area contributed by atoms with Crippen LogP contribution in [0.4, 0.5) is 5.69 Å². The van der Waals surface area contributed by atoms with Gasteiger partial charge in [-0.05, 0) is 28.7 Å². The molecule has 0 radical (unpaired) electrons. The molecule has 0 saturated heterocycles. The summed E-state index contributed by atoms with van der Waals surface area (Å²) < 4.78 is 0. The van der Waals surface area contributed by atoms with Crippen molar-refractivity contribution < 1.29 is 0 Å². The van der Waals surface area contributed by atoms with Gasteiger partial charge in [0.2, 0.25) is 0 Å². The zero-order valence-electron chi connectivity index (χ0n) is 8.16. The molecule has 0 aliphatic rings. The largest absolute Gasteiger partial charge is 0.238 e. The first-order valence-electron chi connectivity index (χ1n) is 4.24. The molecule has 1 rings (SSSR count). The number of hydrogen-bond acceptors (Lipinski definition) is 1. The van der Waals surface area contributed by atoms with Crippen molar-refractivity contribution in [3.05, 3.63) is 35.2 Å². The average molecular weight is 191 g/mol. The summed E-state index contributed by atoms with van der Waals surface area (Å²) >= 11 is 1.71. The first kappa shape index (κ1) is 10.1. The molecule has 0 aromatic heterocycles.